The molecule has 1 aromatic carbocycles. The van der Waals surface area contributed by atoms with Gasteiger partial charge in [0, 0.05) is 18.3 Å². The summed E-state index contributed by atoms with van der Waals surface area (Å²) in [6.45, 7) is 0. The molecule has 3 N–H and O–H groups in total. The molecule has 0 unspecified atom stereocenters. The lowest BCUT2D eigenvalue weighted by Gasteiger charge is -2.08. The van der Waals surface area contributed by atoms with Gasteiger partial charge in [-0.3, -0.25) is 20.5 Å². The van der Waals surface area contributed by atoms with Gasteiger partial charge in [0.1, 0.15) is 23.0 Å². The minimum absolute atomic E-state index is 0.0796. The molecule has 0 amide bonds. The molecule has 2 aromatic rings. The zero-order chi connectivity index (χ0) is 14.7. The molecule has 8 heteroatoms. The molecule has 0 spiro atoms. The third-order valence-electron chi connectivity index (χ3n) is 2.36. The Labute approximate surface area is 122 Å². The molecule has 20 heavy (non-hydrogen) atoms. The second kappa shape index (κ2) is 5.66. The number of rotatable bonds is 4. The first-order valence-electron chi connectivity index (χ1n) is 5.39. The second-order valence-electron chi connectivity index (χ2n) is 3.76. The number of non-ortho nitro benzene ring substituents is 1. The minimum Gasteiger partial charge on any atom is -0.456 e. The van der Waals surface area contributed by atoms with Gasteiger partial charge in [0.25, 0.3) is 5.69 Å². The molecule has 102 valence electrons. The maximum Gasteiger partial charge on any atom is 0.273 e. The van der Waals surface area contributed by atoms with Crippen LogP contribution in [-0.2, 0) is 0 Å². The molecule has 0 fully saturated rings. The fourth-order valence-corrected chi connectivity index (χ4v) is 1.76. The third kappa shape index (κ3) is 3.09. The standard InChI is InChI=1S/C12H9BrN4O3/c13-9-2-1-7(17(18)19)5-11(9)20-8-3-4-16-10(6-8)12(14)15/h1-6H,(H3,14,15). The highest BCUT2D eigenvalue weighted by molar-refractivity contribution is 9.10. The number of nitrogens with two attached hydrogens (primary N) is 1. The van der Waals surface area contributed by atoms with Crippen LogP contribution in [0.5, 0.6) is 11.5 Å². The van der Waals surface area contributed by atoms with E-state index in [-0.39, 0.29) is 17.2 Å². The van der Waals surface area contributed by atoms with Crippen LogP contribution < -0.4 is 10.5 Å². The van der Waals surface area contributed by atoms with Gasteiger partial charge in [-0.2, -0.15) is 0 Å². The molecule has 2 rings (SSSR count). The predicted molar refractivity (Wildman–Crippen MR) is 76.1 cm³/mol. The number of hydrogen-bond acceptors (Lipinski definition) is 5. The van der Waals surface area contributed by atoms with Crippen molar-refractivity contribution in [3.05, 3.63) is 56.8 Å². The van der Waals surface area contributed by atoms with Crippen molar-refractivity contribution in [3.8, 4) is 11.5 Å². The van der Waals surface area contributed by atoms with Crippen LogP contribution in [0.1, 0.15) is 5.69 Å². The van der Waals surface area contributed by atoms with Crippen LogP contribution >= 0.6 is 15.9 Å². The zero-order valence-corrected chi connectivity index (χ0v) is 11.6. The van der Waals surface area contributed by atoms with E-state index in [1.165, 1.54) is 30.5 Å². The highest BCUT2D eigenvalue weighted by Gasteiger charge is 2.11. The average molecular weight is 337 g/mol. The number of nitro benzene ring substituents is 1. The number of ether oxygens (including phenoxy) is 1. The molecule has 0 bridgehead atoms. The van der Waals surface area contributed by atoms with E-state index in [0.717, 1.165) is 0 Å². The van der Waals surface area contributed by atoms with Gasteiger partial charge in [0.2, 0.25) is 0 Å². The van der Waals surface area contributed by atoms with E-state index in [2.05, 4.69) is 20.9 Å². The molecular formula is C12H9BrN4O3. The van der Waals surface area contributed by atoms with Gasteiger partial charge < -0.3 is 10.5 Å². The lowest BCUT2D eigenvalue weighted by molar-refractivity contribution is -0.384. The van der Waals surface area contributed by atoms with Gasteiger partial charge in [-0.1, -0.05) is 0 Å². The van der Waals surface area contributed by atoms with Crippen molar-refractivity contribution < 1.29 is 9.66 Å². The summed E-state index contributed by atoms with van der Waals surface area (Å²) >= 11 is 3.25. The molecule has 1 heterocycles. The number of amidine groups is 1. The quantitative estimate of drug-likeness (QED) is 0.385. The lowest BCUT2D eigenvalue weighted by Crippen LogP contribution is -2.12. The van der Waals surface area contributed by atoms with Gasteiger partial charge >= 0.3 is 0 Å². The molecule has 0 saturated carbocycles. The first kappa shape index (κ1) is 13.9. The van der Waals surface area contributed by atoms with Gasteiger partial charge in [0.05, 0.1) is 15.5 Å². The summed E-state index contributed by atoms with van der Waals surface area (Å²) in [5, 5.41) is 18.0. The Morgan fingerprint density at radius 2 is 2.15 bits per heavy atom. The predicted octanol–water partition coefficient (Wildman–Crippen LogP) is 2.83. The van der Waals surface area contributed by atoms with Gasteiger partial charge in [-0.05, 0) is 28.1 Å². The lowest BCUT2D eigenvalue weighted by atomic mass is 10.3. The zero-order valence-electron chi connectivity index (χ0n) is 10.0. The topological polar surface area (TPSA) is 115 Å². The van der Waals surface area contributed by atoms with Crippen LogP contribution in [0.15, 0.2) is 41.0 Å². The summed E-state index contributed by atoms with van der Waals surface area (Å²) in [4.78, 5) is 14.1. The van der Waals surface area contributed by atoms with E-state index in [9.17, 15) is 10.1 Å². The maximum absolute atomic E-state index is 10.7. The van der Waals surface area contributed by atoms with Crippen molar-refractivity contribution in [1.29, 1.82) is 5.41 Å². The Kier molecular flexibility index (Phi) is 3.94. The van der Waals surface area contributed by atoms with Crippen LogP contribution in [-0.4, -0.2) is 15.7 Å². The minimum atomic E-state index is -0.507. The average Bonchev–Trinajstić information content (AvgIpc) is 2.41. The van der Waals surface area contributed by atoms with Crippen molar-refractivity contribution in [3.63, 3.8) is 0 Å². The Hall–Kier alpha value is -2.48. The van der Waals surface area contributed by atoms with Crippen LogP contribution in [0, 0.1) is 15.5 Å². The van der Waals surface area contributed by atoms with E-state index in [1.54, 1.807) is 6.07 Å². The summed E-state index contributed by atoms with van der Waals surface area (Å²) in [6, 6.07) is 7.24. The largest absolute Gasteiger partial charge is 0.456 e. The van der Waals surface area contributed by atoms with Crippen LogP contribution in [0.3, 0.4) is 0 Å². The van der Waals surface area contributed by atoms with E-state index < -0.39 is 4.92 Å². The van der Waals surface area contributed by atoms with E-state index in [0.29, 0.717) is 16.0 Å². The van der Waals surface area contributed by atoms with Gasteiger partial charge in [-0.25, -0.2) is 0 Å². The highest BCUT2D eigenvalue weighted by atomic mass is 79.9. The van der Waals surface area contributed by atoms with Crippen molar-refractivity contribution in [2.75, 3.05) is 0 Å². The number of nitro groups is 1. The van der Waals surface area contributed by atoms with Crippen molar-refractivity contribution in [2.45, 2.75) is 0 Å². The fourth-order valence-electron chi connectivity index (χ4n) is 1.43. The number of pyridine rings is 1. The summed E-state index contributed by atoms with van der Waals surface area (Å²) in [5.74, 6) is 0.486. The maximum atomic E-state index is 10.7. The number of nitrogens with one attached hydrogen (secondary N) is 1. The Balaban J connectivity index is 2.34. The third-order valence-corrected chi connectivity index (χ3v) is 3.02. The SMILES string of the molecule is N=C(N)c1cc(Oc2cc([N+](=O)[O-])ccc2Br)ccn1. The van der Waals surface area contributed by atoms with Crippen molar-refractivity contribution in [1.82, 2.24) is 4.98 Å². The molecule has 0 aliphatic heterocycles. The normalized spacial score (nSPS) is 10.1. The second-order valence-corrected chi connectivity index (χ2v) is 4.62. The number of aromatic nitrogens is 1. The molecule has 7 nitrogen and oxygen atoms in total. The van der Waals surface area contributed by atoms with E-state index >= 15 is 0 Å². The summed E-state index contributed by atoms with van der Waals surface area (Å²) in [6.07, 6.45) is 1.44. The van der Waals surface area contributed by atoms with E-state index in [1.807, 2.05) is 0 Å². The van der Waals surface area contributed by atoms with Gasteiger partial charge in [-0.15, -0.1) is 0 Å². The monoisotopic (exact) mass is 336 g/mol. The summed E-state index contributed by atoms with van der Waals surface area (Å²) in [5.41, 5.74) is 5.52. The number of nitrogens with zero attached hydrogens (tertiary/aromatic N) is 2. The Morgan fingerprint density at radius 3 is 2.80 bits per heavy atom. The molecule has 0 saturated heterocycles. The van der Waals surface area contributed by atoms with Gasteiger partial charge in [0.15, 0.2) is 0 Å². The first-order valence-corrected chi connectivity index (χ1v) is 6.19. The number of nitrogen functional groups attached to an aromatic ring is 1. The molecule has 0 aliphatic rings. The molecule has 0 atom stereocenters. The van der Waals surface area contributed by atoms with Crippen LogP contribution in [0.4, 0.5) is 5.69 Å². The van der Waals surface area contributed by atoms with E-state index in [4.69, 9.17) is 15.9 Å². The number of hydrogen-bond donors (Lipinski definition) is 2. The molecular weight excluding hydrogens is 328 g/mol. The summed E-state index contributed by atoms with van der Waals surface area (Å²) < 4.78 is 6.12. The van der Waals surface area contributed by atoms with Crippen LogP contribution in [0.25, 0.3) is 0 Å². The Morgan fingerprint density at radius 1 is 1.40 bits per heavy atom. The smallest absolute Gasteiger partial charge is 0.273 e. The summed E-state index contributed by atoms with van der Waals surface area (Å²) in [7, 11) is 0. The number of halogens is 1. The number of benzene rings is 1. The molecule has 0 aliphatic carbocycles. The molecule has 0 radical (unpaired) electrons. The van der Waals surface area contributed by atoms with Crippen molar-refractivity contribution in [2.24, 2.45) is 5.73 Å². The fraction of sp³-hybridized carbons (Fsp3) is 0. The van der Waals surface area contributed by atoms with Crippen LogP contribution in [0.2, 0.25) is 0 Å². The Bertz CT molecular complexity index is 690. The first-order chi connectivity index (χ1) is 9.47. The van der Waals surface area contributed by atoms with Crippen molar-refractivity contribution >= 4 is 27.5 Å². The molecule has 1 aromatic heterocycles. The highest BCUT2D eigenvalue weighted by Crippen LogP contribution is 2.32.